The van der Waals surface area contributed by atoms with Crippen LogP contribution < -0.4 is 4.90 Å². The molecule has 18 heavy (non-hydrogen) atoms. The minimum atomic E-state index is 0.179. The number of benzene rings is 1. The molecule has 3 nitrogen and oxygen atoms in total. The second-order valence-electron chi connectivity index (χ2n) is 4.63. The molecule has 1 saturated carbocycles. The van der Waals surface area contributed by atoms with Gasteiger partial charge in [0.25, 0.3) is 0 Å². The van der Waals surface area contributed by atoms with Gasteiger partial charge in [-0.2, -0.15) is 5.26 Å². The summed E-state index contributed by atoms with van der Waals surface area (Å²) in [5, 5.41) is 18.8. The SMILES string of the molecule is N#Cc1cc(Cl)ccc1N(CCCO)C1CCC1. The van der Waals surface area contributed by atoms with Crippen LogP contribution in [-0.2, 0) is 0 Å². The molecule has 0 heterocycles. The Kier molecular flexibility index (Phi) is 4.46. The average Bonchev–Trinajstić information content (AvgIpc) is 2.32. The van der Waals surface area contributed by atoms with E-state index in [1.165, 1.54) is 19.3 Å². The fourth-order valence-corrected chi connectivity index (χ4v) is 2.46. The first-order chi connectivity index (χ1) is 8.76. The molecule has 96 valence electrons. The van der Waals surface area contributed by atoms with E-state index in [0.717, 1.165) is 18.7 Å². The standard InChI is InChI=1S/C14H17ClN2O/c15-12-5-6-14(11(9-12)10-16)17(7-2-8-18)13-3-1-4-13/h5-6,9,13,18H,1-4,7-8H2. The van der Waals surface area contributed by atoms with Crippen molar-refractivity contribution in [3.8, 4) is 6.07 Å². The first-order valence-electron chi connectivity index (χ1n) is 6.33. The summed E-state index contributed by atoms with van der Waals surface area (Å²) in [5.41, 5.74) is 1.56. The van der Waals surface area contributed by atoms with Gasteiger partial charge in [-0.05, 0) is 43.9 Å². The van der Waals surface area contributed by atoms with Crippen molar-refractivity contribution in [3.05, 3.63) is 28.8 Å². The smallest absolute Gasteiger partial charge is 0.101 e. The lowest BCUT2D eigenvalue weighted by molar-refractivity contribution is 0.283. The van der Waals surface area contributed by atoms with E-state index in [1.807, 2.05) is 12.1 Å². The summed E-state index contributed by atoms with van der Waals surface area (Å²) in [6.45, 7) is 0.968. The lowest BCUT2D eigenvalue weighted by Gasteiger charge is -2.39. The molecule has 1 aromatic carbocycles. The van der Waals surface area contributed by atoms with Crippen LogP contribution in [0.25, 0.3) is 0 Å². The number of aliphatic hydroxyl groups is 1. The van der Waals surface area contributed by atoms with Crippen molar-refractivity contribution in [2.24, 2.45) is 0 Å². The maximum absolute atomic E-state index is 9.20. The van der Waals surface area contributed by atoms with Crippen molar-refractivity contribution in [1.29, 1.82) is 5.26 Å². The quantitative estimate of drug-likeness (QED) is 0.889. The monoisotopic (exact) mass is 264 g/mol. The molecule has 0 bridgehead atoms. The number of nitrogens with zero attached hydrogens (tertiary/aromatic N) is 2. The third-order valence-electron chi connectivity index (χ3n) is 3.46. The van der Waals surface area contributed by atoms with Crippen molar-refractivity contribution in [2.45, 2.75) is 31.7 Å². The van der Waals surface area contributed by atoms with E-state index < -0.39 is 0 Å². The zero-order valence-electron chi connectivity index (χ0n) is 10.3. The topological polar surface area (TPSA) is 47.3 Å². The number of nitriles is 1. The second-order valence-corrected chi connectivity index (χ2v) is 5.06. The summed E-state index contributed by atoms with van der Waals surface area (Å²) in [7, 11) is 0. The molecular weight excluding hydrogens is 248 g/mol. The Morgan fingerprint density at radius 1 is 1.44 bits per heavy atom. The van der Waals surface area contributed by atoms with Crippen molar-refractivity contribution in [3.63, 3.8) is 0 Å². The molecule has 0 unspecified atom stereocenters. The molecule has 0 aromatic heterocycles. The molecule has 0 amide bonds. The van der Waals surface area contributed by atoms with Crippen LogP contribution in [0.5, 0.6) is 0 Å². The molecule has 1 aromatic rings. The minimum absolute atomic E-state index is 0.179. The highest BCUT2D eigenvalue weighted by molar-refractivity contribution is 6.30. The molecule has 0 spiro atoms. The Balaban J connectivity index is 2.26. The van der Waals surface area contributed by atoms with Gasteiger partial charge in [-0.15, -0.1) is 0 Å². The normalized spacial score (nSPS) is 14.9. The molecule has 1 N–H and O–H groups in total. The molecule has 1 aliphatic carbocycles. The van der Waals surface area contributed by atoms with Crippen LogP contribution in [0, 0.1) is 11.3 Å². The first-order valence-corrected chi connectivity index (χ1v) is 6.71. The summed E-state index contributed by atoms with van der Waals surface area (Å²) in [5.74, 6) is 0. The van der Waals surface area contributed by atoms with Gasteiger partial charge in [-0.3, -0.25) is 0 Å². The number of rotatable bonds is 5. The highest BCUT2D eigenvalue weighted by Gasteiger charge is 2.26. The third-order valence-corrected chi connectivity index (χ3v) is 3.70. The largest absolute Gasteiger partial charge is 0.396 e. The average molecular weight is 265 g/mol. The number of anilines is 1. The molecule has 1 fully saturated rings. The van der Waals surface area contributed by atoms with Gasteiger partial charge < -0.3 is 10.0 Å². The number of halogens is 1. The van der Waals surface area contributed by atoms with Gasteiger partial charge in [0.05, 0.1) is 11.3 Å². The predicted molar refractivity (Wildman–Crippen MR) is 72.9 cm³/mol. The Morgan fingerprint density at radius 2 is 2.22 bits per heavy atom. The summed E-state index contributed by atoms with van der Waals surface area (Å²) >= 11 is 5.92. The van der Waals surface area contributed by atoms with Gasteiger partial charge in [-0.1, -0.05) is 11.6 Å². The lowest BCUT2D eigenvalue weighted by atomic mass is 9.90. The van der Waals surface area contributed by atoms with Crippen LogP contribution in [-0.4, -0.2) is 24.3 Å². The zero-order chi connectivity index (χ0) is 13.0. The number of hydrogen-bond acceptors (Lipinski definition) is 3. The number of aliphatic hydroxyl groups excluding tert-OH is 1. The molecule has 0 radical (unpaired) electrons. The van der Waals surface area contributed by atoms with E-state index in [0.29, 0.717) is 16.6 Å². The highest BCUT2D eigenvalue weighted by Crippen LogP contribution is 2.32. The third kappa shape index (κ3) is 2.77. The molecule has 0 aliphatic heterocycles. The van der Waals surface area contributed by atoms with Crippen LogP contribution >= 0.6 is 11.6 Å². The summed E-state index contributed by atoms with van der Waals surface area (Å²) < 4.78 is 0. The van der Waals surface area contributed by atoms with Gasteiger partial charge in [0, 0.05) is 24.2 Å². The van der Waals surface area contributed by atoms with Gasteiger partial charge in [0.1, 0.15) is 6.07 Å². The van der Waals surface area contributed by atoms with Gasteiger partial charge in [0.15, 0.2) is 0 Å². The summed E-state index contributed by atoms with van der Waals surface area (Å²) in [6, 6.07) is 8.16. The molecule has 0 atom stereocenters. The van der Waals surface area contributed by atoms with Crippen molar-refractivity contribution in [1.82, 2.24) is 0 Å². The maximum atomic E-state index is 9.20. The van der Waals surface area contributed by atoms with E-state index in [-0.39, 0.29) is 6.61 Å². The lowest BCUT2D eigenvalue weighted by Crippen LogP contribution is -2.41. The van der Waals surface area contributed by atoms with E-state index in [2.05, 4.69) is 11.0 Å². The molecule has 4 heteroatoms. The van der Waals surface area contributed by atoms with Crippen molar-refractivity contribution in [2.75, 3.05) is 18.1 Å². The van der Waals surface area contributed by atoms with Gasteiger partial charge >= 0.3 is 0 Å². The second kappa shape index (κ2) is 6.08. The number of hydrogen-bond donors (Lipinski definition) is 1. The summed E-state index contributed by atoms with van der Waals surface area (Å²) in [6.07, 6.45) is 4.30. The molecular formula is C14H17ClN2O. The van der Waals surface area contributed by atoms with Gasteiger partial charge in [0.2, 0.25) is 0 Å². The van der Waals surface area contributed by atoms with Gasteiger partial charge in [-0.25, -0.2) is 0 Å². The maximum Gasteiger partial charge on any atom is 0.101 e. The molecule has 0 saturated heterocycles. The predicted octanol–water partition coefficient (Wildman–Crippen LogP) is 2.95. The van der Waals surface area contributed by atoms with Crippen LogP contribution in [0.3, 0.4) is 0 Å². The molecule has 1 aliphatic rings. The fraction of sp³-hybridized carbons (Fsp3) is 0.500. The minimum Gasteiger partial charge on any atom is -0.396 e. The van der Waals surface area contributed by atoms with E-state index >= 15 is 0 Å². The molecule has 2 rings (SSSR count). The van der Waals surface area contributed by atoms with Crippen molar-refractivity contribution < 1.29 is 5.11 Å². The Hall–Kier alpha value is -1.24. The van der Waals surface area contributed by atoms with E-state index in [9.17, 15) is 5.26 Å². The summed E-state index contributed by atoms with van der Waals surface area (Å²) in [4.78, 5) is 2.24. The Morgan fingerprint density at radius 3 is 2.78 bits per heavy atom. The fourth-order valence-electron chi connectivity index (χ4n) is 2.29. The van der Waals surface area contributed by atoms with E-state index in [4.69, 9.17) is 16.7 Å². The zero-order valence-corrected chi connectivity index (χ0v) is 11.0. The van der Waals surface area contributed by atoms with Crippen molar-refractivity contribution >= 4 is 17.3 Å². The van der Waals surface area contributed by atoms with Crippen LogP contribution in [0.1, 0.15) is 31.2 Å². The first kappa shape index (κ1) is 13.2. The highest BCUT2D eigenvalue weighted by atomic mass is 35.5. The van der Waals surface area contributed by atoms with Crippen LogP contribution in [0.2, 0.25) is 5.02 Å². The van der Waals surface area contributed by atoms with Crippen LogP contribution in [0.4, 0.5) is 5.69 Å². The Labute approximate surface area is 113 Å². The van der Waals surface area contributed by atoms with Crippen LogP contribution in [0.15, 0.2) is 18.2 Å². The van der Waals surface area contributed by atoms with E-state index in [1.54, 1.807) is 6.07 Å². The Bertz CT molecular complexity index is 452.